The largest absolute Gasteiger partial charge is 0.352 e. The van der Waals surface area contributed by atoms with Gasteiger partial charge in [-0.05, 0) is 24.1 Å². The normalized spacial score (nSPS) is 10.2. The van der Waals surface area contributed by atoms with E-state index in [2.05, 4.69) is 20.8 Å². The van der Waals surface area contributed by atoms with Crippen LogP contribution in [0.1, 0.15) is 34.8 Å². The summed E-state index contributed by atoms with van der Waals surface area (Å²) in [5.74, 6) is -0.306. The topological polar surface area (TPSA) is 84.0 Å². The van der Waals surface area contributed by atoms with Crippen molar-refractivity contribution in [3.63, 3.8) is 0 Å². The van der Waals surface area contributed by atoms with E-state index in [1.54, 1.807) is 12.1 Å². The van der Waals surface area contributed by atoms with Gasteiger partial charge in [-0.15, -0.1) is 10.2 Å². The molecule has 1 aromatic carbocycles. The quantitative estimate of drug-likeness (QED) is 0.884. The van der Waals surface area contributed by atoms with Gasteiger partial charge in [-0.1, -0.05) is 30.4 Å². The van der Waals surface area contributed by atoms with Crippen LogP contribution >= 0.6 is 11.3 Å². The molecule has 0 atom stereocenters. The van der Waals surface area contributed by atoms with Gasteiger partial charge in [-0.2, -0.15) is 0 Å². The highest BCUT2D eigenvalue weighted by Crippen LogP contribution is 2.16. The van der Waals surface area contributed by atoms with Crippen LogP contribution in [-0.4, -0.2) is 22.0 Å². The van der Waals surface area contributed by atoms with Gasteiger partial charge in [0.05, 0.1) is 0 Å². The maximum Gasteiger partial charge on any atom is 0.257 e. The molecule has 0 fully saturated rings. The minimum absolute atomic E-state index is 0.0835. The smallest absolute Gasteiger partial charge is 0.257 e. The molecule has 7 heteroatoms. The Morgan fingerprint density at radius 1 is 1.19 bits per heavy atom. The van der Waals surface area contributed by atoms with Crippen molar-refractivity contribution >= 4 is 28.3 Å². The fourth-order valence-corrected chi connectivity index (χ4v) is 2.29. The van der Waals surface area contributed by atoms with Gasteiger partial charge in [0.25, 0.3) is 5.91 Å². The van der Waals surface area contributed by atoms with Crippen LogP contribution in [-0.2, 0) is 17.8 Å². The fourth-order valence-electron chi connectivity index (χ4n) is 1.62. The molecule has 0 radical (unpaired) electrons. The first-order valence-electron chi connectivity index (χ1n) is 6.55. The number of carbonyl (C=O) groups excluding carboxylic acids is 2. The summed E-state index contributed by atoms with van der Waals surface area (Å²) in [5.41, 5.74) is 1.47. The number of nitrogens with one attached hydrogen (secondary N) is 2. The first-order valence-corrected chi connectivity index (χ1v) is 7.37. The molecule has 21 heavy (non-hydrogen) atoms. The minimum Gasteiger partial charge on any atom is -0.352 e. The molecule has 0 spiro atoms. The first kappa shape index (κ1) is 15.1. The predicted octanol–water partition coefficient (Wildman–Crippen LogP) is 1.99. The second-order valence-electron chi connectivity index (χ2n) is 4.42. The van der Waals surface area contributed by atoms with Crippen LogP contribution in [0.2, 0.25) is 0 Å². The van der Waals surface area contributed by atoms with Gasteiger partial charge in [0.2, 0.25) is 11.0 Å². The molecular weight excluding hydrogens is 288 g/mol. The van der Waals surface area contributed by atoms with Crippen LogP contribution in [0.25, 0.3) is 0 Å². The molecule has 110 valence electrons. The molecule has 2 N–H and O–H groups in total. The zero-order valence-electron chi connectivity index (χ0n) is 11.8. The van der Waals surface area contributed by atoms with Crippen molar-refractivity contribution in [2.45, 2.75) is 26.8 Å². The number of anilines is 1. The molecule has 0 unspecified atom stereocenters. The average molecular weight is 304 g/mol. The summed E-state index contributed by atoms with van der Waals surface area (Å²) in [6.45, 7) is 3.90. The fraction of sp³-hybridized carbons (Fsp3) is 0.286. The van der Waals surface area contributed by atoms with Crippen LogP contribution < -0.4 is 10.6 Å². The van der Waals surface area contributed by atoms with E-state index in [1.165, 1.54) is 18.3 Å². The highest BCUT2D eigenvalue weighted by Gasteiger charge is 2.09. The monoisotopic (exact) mass is 304 g/mol. The van der Waals surface area contributed by atoms with Gasteiger partial charge < -0.3 is 5.32 Å². The van der Waals surface area contributed by atoms with Crippen molar-refractivity contribution in [1.29, 1.82) is 0 Å². The maximum absolute atomic E-state index is 12.0. The first-order chi connectivity index (χ1) is 10.1. The Hall–Kier alpha value is -2.28. The van der Waals surface area contributed by atoms with E-state index in [9.17, 15) is 9.59 Å². The summed E-state index contributed by atoms with van der Waals surface area (Å²) in [6, 6.07) is 7.05. The van der Waals surface area contributed by atoms with E-state index in [4.69, 9.17) is 0 Å². The molecular formula is C14H16N4O2S. The molecule has 6 nitrogen and oxygen atoms in total. The molecule has 0 saturated carbocycles. The van der Waals surface area contributed by atoms with Crippen molar-refractivity contribution in [1.82, 2.24) is 15.5 Å². The molecule has 1 heterocycles. The maximum atomic E-state index is 12.0. The summed E-state index contributed by atoms with van der Waals surface area (Å²) < 4.78 is 0. The zero-order chi connectivity index (χ0) is 15.2. The summed E-state index contributed by atoms with van der Waals surface area (Å²) in [5, 5.41) is 14.7. The van der Waals surface area contributed by atoms with E-state index in [0.29, 0.717) is 17.2 Å². The standard InChI is InChI=1S/C14H16N4O2S/c1-3-12-17-18-14(21-12)16-13(20)11-6-4-10(5-7-11)8-15-9(2)19/h4-7H,3,8H2,1-2H3,(H,15,19)(H,16,18,20). The number of hydrogen-bond acceptors (Lipinski definition) is 5. The summed E-state index contributed by atoms with van der Waals surface area (Å²) in [7, 11) is 0. The number of aryl methyl sites for hydroxylation is 1. The molecule has 0 aliphatic heterocycles. The lowest BCUT2D eigenvalue weighted by Gasteiger charge is -2.04. The van der Waals surface area contributed by atoms with Gasteiger partial charge in [-0.25, -0.2) is 0 Å². The van der Waals surface area contributed by atoms with E-state index >= 15 is 0 Å². The van der Waals surface area contributed by atoms with Crippen molar-refractivity contribution in [2.24, 2.45) is 0 Å². The molecule has 0 bridgehead atoms. The van der Waals surface area contributed by atoms with E-state index in [1.807, 2.05) is 19.1 Å². The Morgan fingerprint density at radius 3 is 2.48 bits per heavy atom. The molecule has 1 aromatic heterocycles. The third-order valence-corrected chi connectivity index (χ3v) is 3.73. The van der Waals surface area contributed by atoms with Gasteiger partial charge in [-0.3, -0.25) is 14.9 Å². The minimum atomic E-state index is -0.222. The highest BCUT2D eigenvalue weighted by molar-refractivity contribution is 7.15. The lowest BCUT2D eigenvalue weighted by molar-refractivity contribution is -0.119. The molecule has 2 amide bonds. The Bertz CT molecular complexity index is 637. The lowest BCUT2D eigenvalue weighted by Crippen LogP contribution is -2.19. The van der Waals surface area contributed by atoms with E-state index in [0.717, 1.165) is 17.0 Å². The van der Waals surface area contributed by atoms with Crippen molar-refractivity contribution in [3.8, 4) is 0 Å². The van der Waals surface area contributed by atoms with Crippen LogP contribution in [0.4, 0.5) is 5.13 Å². The molecule has 0 aliphatic carbocycles. The SMILES string of the molecule is CCc1nnc(NC(=O)c2ccc(CNC(C)=O)cc2)s1. The molecule has 2 aromatic rings. The van der Waals surface area contributed by atoms with E-state index in [-0.39, 0.29) is 11.8 Å². The second kappa shape index (κ2) is 6.94. The van der Waals surface area contributed by atoms with Crippen LogP contribution in [0.3, 0.4) is 0 Å². The lowest BCUT2D eigenvalue weighted by atomic mass is 10.1. The predicted molar refractivity (Wildman–Crippen MR) is 81.2 cm³/mol. The number of nitrogens with zero attached hydrogens (tertiary/aromatic N) is 2. The Balaban J connectivity index is 1.97. The number of rotatable bonds is 5. The molecule has 0 saturated heterocycles. The summed E-state index contributed by atoms with van der Waals surface area (Å²) in [4.78, 5) is 22.9. The van der Waals surface area contributed by atoms with Gasteiger partial charge in [0.1, 0.15) is 5.01 Å². The third kappa shape index (κ3) is 4.35. The number of hydrogen-bond donors (Lipinski definition) is 2. The van der Waals surface area contributed by atoms with Crippen LogP contribution in [0.5, 0.6) is 0 Å². The van der Waals surface area contributed by atoms with Crippen molar-refractivity contribution in [3.05, 3.63) is 40.4 Å². The number of aromatic nitrogens is 2. The van der Waals surface area contributed by atoms with Gasteiger partial charge >= 0.3 is 0 Å². The van der Waals surface area contributed by atoms with Gasteiger partial charge in [0.15, 0.2) is 0 Å². The van der Waals surface area contributed by atoms with Crippen molar-refractivity contribution in [2.75, 3.05) is 5.32 Å². The second-order valence-corrected chi connectivity index (χ2v) is 5.48. The number of carbonyl (C=O) groups is 2. The van der Waals surface area contributed by atoms with Gasteiger partial charge in [0, 0.05) is 19.0 Å². The zero-order valence-corrected chi connectivity index (χ0v) is 12.7. The Morgan fingerprint density at radius 2 is 1.90 bits per heavy atom. The summed E-state index contributed by atoms with van der Waals surface area (Å²) >= 11 is 1.37. The Kier molecular flexibility index (Phi) is 4.99. The highest BCUT2D eigenvalue weighted by atomic mass is 32.1. The molecule has 0 aliphatic rings. The number of amides is 2. The average Bonchev–Trinajstić information content (AvgIpc) is 2.93. The molecule has 2 rings (SSSR count). The van der Waals surface area contributed by atoms with Crippen molar-refractivity contribution < 1.29 is 9.59 Å². The third-order valence-electron chi connectivity index (χ3n) is 2.75. The van der Waals surface area contributed by atoms with Crippen LogP contribution in [0, 0.1) is 0 Å². The van der Waals surface area contributed by atoms with Crippen LogP contribution in [0.15, 0.2) is 24.3 Å². The summed E-state index contributed by atoms with van der Waals surface area (Å²) in [6.07, 6.45) is 0.797. The number of benzene rings is 1. The van der Waals surface area contributed by atoms with E-state index < -0.39 is 0 Å². The Labute approximate surface area is 126 Å².